The van der Waals surface area contributed by atoms with Crippen LogP contribution in [-0.4, -0.2) is 12.5 Å². The molecule has 0 aliphatic carbocycles. The van der Waals surface area contributed by atoms with Crippen LogP contribution in [0.4, 0.5) is 11.4 Å². The van der Waals surface area contributed by atoms with Gasteiger partial charge in [-0.05, 0) is 48.6 Å². The number of carbonyl (C=O) groups excluding carboxylic acids is 1. The number of rotatable bonds is 3. The lowest BCUT2D eigenvalue weighted by molar-refractivity contribution is -0.118. The topological polar surface area (TPSA) is 46.3 Å². The van der Waals surface area contributed by atoms with E-state index in [-0.39, 0.29) is 5.91 Å². The van der Waals surface area contributed by atoms with Gasteiger partial charge in [-0.25, -0.2) is 0 Å². The maximum Gasteiger partial charge on any atom is 0.227 e. The predicted molar refractivity (Wildman–Crippen MR) is 86.4 cm³/mol. The fraction of sp³-hybridized carbons (Fsp3) is 0.278. The first kappa shape index (κ1) is 13.7. The van der Waals surface area contributed by atoms with Crippen LogP contribution in [0.3, 0.4) is 0 Å². The Morgan fingerprint density at radius 2 is 2.05 bits per heavy atom. The lowest BCUT2D eigenvalue weighted by atomic mass is 10.0. The zero-order valence-electron chi connectivity index (χ0n) is 12.3. The van der Waals surface area contributed by atoms with Crippen LogP contribution in [0.25, 0.3) is 0 Å². The molecule has 0 fully saturated rings. The number of carbonyl (C=O) groups is 1. The van der Waals surface area contributed by atoms with Gasteiger partial charge in [0.2, 0.25) is 5.91 Å². The highest BCUT2D eigenvalue weighted by Gasteiger charge is 2.24. The third kappa shape index (κ3) is 2.77. The summed E-state index contributed by atoms with van der Waals surface area (Å²) in [5, 5.41) is 0. The van der Waals surface area contributed by atoms with Crippen molar-refractivity contribution in [2.24, 2.45) is 0 Å². The molecule has 0 spiro atoms. The Bertz CT molecular complexity index is 679. The number of aryl methyl sites for hydroxylation is 2. The summed E-state index contributed by atoms with van der Waals surface area (Å²) in [5.74, 6) is 0.183. The smallest absolute Gasteiger partial charge is 0.227 e. The molecule has 0 atom stereocenters. The minimum absolute atomic E-state index is 0.183. The SMILES string of the molecule is Cc1ccccc1CCC(=O)N1CCc2ccc(N)cc21. The second-order valence-electron chi connectivity index (χ2n) is 5.61. The standard InChI is InChI=1S/C18H20N2O/c1-13-4-2-3-5-14(13)7-9-18(21)20-11-10-15-6-8-16(19)12-17(15)20/h2-6,8,12H,7,9-11,19H2,1H3. The summed E-state index contributed by atoms with van der Waals surface area (Å²) in [4.78, 5) is 14.4. The summed E-state index contributed by atoms with van der Waals surface area (Å²) >= 11 is 0. The summed E-state index contributed by atoms with van der Waals surface area (Å²) in [6, 6.07) is 14.1. The Hall–Kier alpha value is -2.29. The Kier molecular flexibility index (Phi) is 3.65. The maximum absolute atomic E-state index is 12.5. The van der Waals surface area contributed by atoms with Crippen molar-refractivity contribution < 1.29 is 4.79 Å². The number of benzene rings is 2. The van der Waals surface area contributed by atoms with Gasteiger partial charge in [0, 0.05) is 24.3 Å². The molecule has 2 N–H and O–H groups in total. The number of nitrogen functional groups attached to an aromatic ring is 1. The van der Waals surface area contributed by atoms with E-state index in [2.05, 4.69) is 19.1 Å². The van der Waals surface area contributed by atoms with Crippen LogP contribution in [0.5, 0.6) is 0 Å². The van der Waals surface area contributed by atoms with Gasteiger partial charge in [0.05, 0.1) is 0 Å². The number of anilines is 2. The number of nitrogens with zero attached hydrogens (tertiary/aromatic N) is 1. The van der Waals surface area contributed by atoms with Crippen molar-refractivity contribution >= 4 is 17.3 Å². The average molecular weight is 280 g/mol. The van der Waals surface area contributed by atoms with Gasteiger partial charge in [0.1, 0.15) is 0 Å². The van der Waals surface area contributed by atoms with E-state index in [4.69, 9.17) is 5.73 Å². The molecular weight excluding hydrogens is 260 g/mol. The average Bonchev–Trinajstić information content (AvgIpc) is 2.89. The lowest BCUT2D eigenvalue weighted by Crippen LogP contribution is -2.29. The molecule has 3 heteroatoms. The quantitative estimate of drug-likeness (QED) is 0.878. The zero-order chi connectivity index (χ0) is 14.8. The van der Waals surface area contributed by atoms with Crippen LogP contribution in [0, 0.1) is 6.92 Å². The predicted octanol–water partition coefficient (Wildman–Crippen LogP) is 3.10. The number of amides is 1. The molecule has 1 aliphatic heterocycles. The second-order valence-corrected chi connectivity index (χ2v) is 5.61. The van der Waals surface area contributed by atoms with E-state index in [1.165, 1.54) is 16.7 Å². The summed E-state index contributed by atoms with van der Waals surface area (Å²) < 4.78 is 0. The third-order valence-corrected chi connectivity index (χ3v) is 4.18. The van der Waals surface area contributed by atoms with Crippen LogP contribution in [-0.2, 0) is 17.6 Å². The van der Waals surface area contributed by atoms with Gasteiger partial charge in [-0.1, -0.05) is 30.3 Å². The highest BCUT2D eigenvalue weighted by Crippen LogP contribution is 2.30. The van der Waals surface area contributed by atoms with E-state index >= 15 is 0 Å². The van der Waals surface area contributed by atoms with Crippen LogP contribution >= 0.6 is 0 Å². The molecule has 3 rings (SSSR count). The van der Waals surface area contributed by atoms with E-state index in [1.54, 1.807) is 0 Å². The van der Waals surface area contributed by atoms with Crippen molar-refractivity contribution in [3.63, 3.8) is 0 Å². The minimum atomic E-state index is 0.183. The number of hydrogen-bond acceptors (Lipinski definition) is 2. The van der Waals surface area contributed by atoms with Gasteiger partial charge in [-0.15, -0.1) is 0 Å². The molecule has 0 saturated carbocycles. The normalized spacial score (nSPS) is 13.3. The Morgan fingerprint density at radius 1 is 1.24 bits per heavy atom. The monoisotopic (exact) mass is 280 g/mol. The van der Waals surface area contributed by atoms with Crippen molar-refractivity contribution in [3.05, 3.63) is 59.2 Å². The molecule has 3 nitrogen and oxygen atoms in total. The van der Waals surface area contributed by atoms with E-state index in [1.807, 2.05) is 35.2 Å². The number of nitrogens with two attached hydrogens (primary N) is 1. The maximum atomic E-state index is 12.5. The molecule has 0 unspecified atom stereocenters. The van der Waals surface area contributed by atoms with Crippen molar-refractivity contribution in [1.29, 1.82) is 0 Å². The van der Waals surface area contributed by atoms with Crippen LogP contribution < -0.4 is 10.6 Å². The van der Waals surface area contributed by atoms with Gasteiger partial charge in [0.25, 0.3) is 0 Å². The Balaban J connectivity index is 1.71. The molecule has 1 heterocycles. The number of hydrogen-bond donors (Lipinski definition) is 1. The molecule has 2 aromatic carbocycles. The molecular formula is C18H20N2O. The number of fused-ring (bicyclic) bond motifs is 1. The van der Waals surface area contributed by atoms with E-state index in [0.717, 1.165) is 25.1 Å². The first-order valence-electron chi connectivity index (χ1n) is 7.38. The highest BCUT2D eigenvalue weighted by molar-refractivity contribution is 5.96. The van der Waals surface area contributed by atoms with Crippen molar-refractivity contribution in [2.45, 2.75) is 26.2 Å². The second kappa shape index (κ2) is 5.60. The molecule has 0 saturated heterocycles. The van der Waals surface area contributed by atoms with E-state index < -0.39 is 0 Å². The van der Waals surface area contributed by atoms with Crippen LogP contribution in [0.1, 0.15) is 23.1 Å². The van der Waals surface area contributed by atoms with E-state index in [9.17, 15) is 4.79 Å². The van der Waals surface area contributed by atoms with Gasteiger partial charge < -0.3 is 10.6 Å². The Morgan fingerprint density at radius 3 is 2.86 bits per heavy atom. The molecule has 108 valence electrons. The zero-order valence-corrected chi connectivity index (χ0v) is 12.3. The molecule has 0 aromatic heterocycles. The third-order valence-electron chi connectivity index (χ3n) is 4.18. The van der Waals surface area contributed by atoms with Gasteiger partial charge >= 0.3 is 0 Å². The van der Waals surface area contributed by atoms with Crippen LogP contribution in [0.2, 0.25) is 0 Å². The lowest BCUT2D eigenvalue weighted by Gasteiger charge is -2.18. The first-order chi connectivity index (χ1) is 10.1. The summed E-state index contributed by atoms with van der Waals surface area (Å²) in [6.07, 6.45) is 2.25. The molecule has 2 aromatic rings. The van der Waals surface area contributed by atoms with Gasteiger partial charge in [0.15, 0.2) is 0 Å². The van der Waals surface area contributed by atoms with Gasteiger partial charge in [-0.3, -0.25) is 4.79 Å². The Labute approximate surface area is 125 Å². The molecule has 1 aliphatic rings. The summed E-state index contributed by atoms with van der Waals surface area (Å²) in [5.41, 5.74) is 11.3. The first-order valence-corrected chi connectivity index (χ1v) is 7.38. The molecule has 0 bridgehead atoms. The molecule has 0 radical (unpaired) electrons. The summed E-state index contributed by atoms with van der Waals surface area (Å²) in [7, 11) is 0. The minimum Gasteiger partial charge on any atom is -0.399 e. The van der Waals surface area contributed by atoms with Gasteiger partial charge in [-0.2, -0.15) is 0 Å². The fourth-order valence-corrected chi connectivity index (χ4v) is 2.92. The largest absolute Gasteiger partial charge is 0.399 e. The highest BCUT2D eigenvalue weighted by atomic mass is 16.2. The van der Waals surface area contributed by atoms with Crippen molar-refractivity contribution in [3.8, 4) is 0 Å². The van der Waals surface area contributed by atoms with Crippen molar-refractivity contribution in [2.75, 3.05) is 17.2 Å². The molecule has 1 amide bonds. The summed E-state index contributed by atoms with van der Waals surface area (Å²) in [6.45, 7) is 2.86. The van der Waals surface area contributed by atoms with E-state index in [0.29, 0.717) is 12.1 Å². The van der Waals surface area contributed by atoms with Crippen LogP contribution in [0.15, 0.2) is 42.5 Å². The molecule has 21 heavy (non-hydrogen) atoms. The fourth-order valence-electron chi connectivity index (χ4n) is 2.92. The van der Waals surface area contributed by atoms with Crippen molar-refractivity contribution in [1.82, 2.24) is 0 Å².